The minimum absolute atomic E-state index is 0.113. The van der Waals surface area contributed by atoms with Crippen LogP contribution in [0.2, 0.25) is 0 Å². The summed E-state index contributed by atoms with van der Waals surface area (Å²) in [5, 5.41) is 5.22. The maximum Gasteiger partial charge on any atom is 0.0295 e. The average Bonchev–Trinajstić information content (AvgIpc) is 3.18. The van der Waals surface area contributed by atoms with Crippen molar-refractivity contribution in [1.82, 2.24) is 0 Å². The number of hydrogen-bond donors (Lipinski definition) is 0. The van der Waals surface area contributed by atoms with Crippen LogP contribution in [0.5, 0.6) is 0 Å². The SMILES string of the molecule is c1ccc2c(c1)-c1ccccc1C2(Cc1ccc2ccccc2c1)Cc1ccc2ccccc2c1. The molecule has 0 bridgehead atoms. The minimum Gasteiger partial charge on any atom is -0.0619 e. The second kappa shape index (κ2) is 7.96. The summed E-state index contributed by atoms with van der Waals surface area (Å²) < 4.78 is 0. The molecule has 0 saturated heterocycles. The Morgan fingerprint density at radius 3 is 1.26 bits per heavy atom. The first kappa shape index (κ1) is 20.2. The lowest BCUT2D eigenvalue weighted by molar-refractivity contribution is 0.520. The van der Waals surface area contributed by atoms with Crippen LogP contribution in [-0.4, -0.2) is 0 Å². The smallest absolute Gasteiger partial charge is 0.0295 e. The van der Waals surface area contributed by atoms with Crippen molar-refractivity contribution in [2.75, 3.05) is 0 Å². The number of rotatable bonds is 4. The van der Waals surface area contributed by atoms with E-state index in [0.29, 0.717) is 0 Å². The largest absolute Gasteiger partial charge is 0.0619 e. The molecule has 166 valence electrons. The molecular weight excluding hydrogens is 420 g/mol. The second-order valence-corrected chi connectivity index (χ2v) is 9.89. The minimum atomic E-state index is -0.113. The predicted octanol–water partition coefficient (Wildman–Crippen LogP) is 8.74. The van der Waals surface area contributed by atoms with Gasteiger partial charge in [0, 0.05) is 5.41 Å². The number of fused-ring (bicyclic) bond motifs is 5. The van der Waals surface area contributed by atoms with E-state index in [1.54, 1.807) is 0 Å². The fourth-order valence-corrected chi connectivity index (χ4v) is 6.25. The van der Waals surface area contributed by atoms with Crippen LogP contribution >= 0.6 is 0 Å². The quantitative estimate of drug-likeness (QED) is 0.254. The Bertz CT molecular complexity index is 1580. The van der Waals surface area contributed by atoms with Gasteiger partial charge in [0.25, 0.3) is 0 Å². The molecule has 7 rings (SSSR count). The first-order chi connectivity index (χ1) is 17.3. The molecule has 0 spiro atoms. The van der Waals surface area contributed by atoms with E-state index in [1.165, 1.54) is 54.9 Å². The van der Waals surface area contributed by atoms with Crippen molar-refractivity contribution < 1.29 is 0 Å². The van der Waals surface area contributed by atoms with Crippen LogP contribution < -0.4 is 0 Å². The van der Waals surface area contributed by atoms with Gasteiger partial charge in [-0.2, -0.15) is 0 Å². The van der Waals surface area contributed by atoms with Gasteiger partial charge in [-0.25, -0.2) is 0 Å². The standard InChI is InChI=1S/C35H26/c1-3-11-29-21-25(17-19-27(29)9-1)23-35(24-26-18-20-28-10-2-4-12-30(28)22-26)33-15-7-5-13-31(33)32-14-6-8-16-34(32)35/h1-22H,23-24H2. The molecule has 0 unspecified atom stereocenters. The van der Waals surface area contributed by atoms with Crippen molar-refractivity contribution >= 4 is 21.5 Å². The van der Waals surface area contributed by atoms with Gasteiger partial charge in [0.1, 0.15) is 0 Å². The first-order valence-electron chi connectivity index (χ1n) is 12.4. The molecule has 0 radical (unpaired) electrons. The normalized spacial score (nSPS) is 13.6. The maximum atomic E-state index is 2.39. The van der Waals surface area contributed by atoms with E-state index in [4.69, 9.17) is 0 Å². The van der Waals surface area contributed by atoms with E-state index in [1.807, 2.05) is 0 Å². The Hall–Kier alpha value is -4.16. The van der Waals surface area contributed by atoms with Gasteiger partial charge in [-0.1, -0.05) is 133 Å². The van der Waals surface area contributed by atoms with Gasteiger partial charge in [-0.05, 0) is 67.8 Å². The van der Waals surface area contributed by atoms with E-state index >= 15 is 0 Å². The van der Waals surface area contributed by atoms with E-state index in [2.05, 4.69) is 133 Å². The highest BCUT2D eigenvalue weighted by atomic mass is 14.4. The molecule has 0 amide bonds. The highest BCUT2D eigenvalue weighted by molar-refractivity contribution is 5.85. The highest BCUT2D eigenvalue weighted by Crippen LogP contribution is 2.52. The zero-order valence-electron chi connectivity index (χ0n) is 19.6. The monoisotopic (exact) mass is 446 g/mol. The van der Waals surface area contributed by atoms with Gasteiger partial charge in [0.2, 0.25) is 0 Å². The summed E-state index contributed by atoms with van der Waals surface area (Å²) in [5.74, 6) is 0. The molecule has 0 heteroatoms. The Morgan fingerprint density at radius 2 is 0.771 bits per heavy atom. The van der Waals surface area contributed by atoms with E-state index < -0.39 is 0 Å². The average molecular weight is 447 g/mol. The number of hydrogen-bond acceptors (Lipinski definition) is 0. The summed E-state index contributed by atoms with van der Waals surface area (Å²) in [6.45, 7) is 0. The lowest BCUT2D eigenvalue weighted by atomic mass is 9.69. The van der Waals surface area contributed by atoms with Crippen LogP contribution in [0.1, 0.15) is 22.3 Å². The molecule has 35 heavy (non-hydrogen) atoms. The van der Waals surface area contributed by atoms with Crippen molar-refractivity contribution in [2.45, 2.75) is 18.3 Å². The maximum absolute atomic E-state index is 2.39. The Balaban J connectivity index is 1.44. The van der Waals surface area contributed by atoms with Crippen LogP contribution in [-0.2, 0) is 18.3 Å². The summed E-state index contributed by atoms with van der Waals surface area (Å²) in [7, 11) is 0. The second-order valence-electron chi connectivity index (χ2n) is 9.89. The fraction of sp³-hybridized carbons (Fsp3) is 0.0857. The topological polar surface area (TPSA) is 0 Å². The molecular formula is C35H26. The van der Waals surface area contributed by atoms with Gasteiger partial charge in [-0.15, -0.1) is 0 Å². The van der Waals surface area contributed by atoms with Crippen LogP contribution in [0.4, 0.5) is 0 Å². The van der Waals surface area contributed by atoms with Crippen molar-refractivity contribution in [2.24, 2.45) is 0 Å². The lowest BCUT2D eigenvalue weighted by Crippen LogP contribution is -2.31. The zero-order chi connectivity index (χ0) is 23.2. The Labute approximate surface area is 206 Å². The number of benzene rings is 6. The third kappa shape index (κ3) is 3.29. The summed E-state index contributed by atoms with van der Waals surface area (Å²) in [6, 6.07) is 49.4. The Kier molecular flexibility index (Phi) is 4.60. The molecule has 0 atom stereocenters. The molecule has 0 nitrogen and oxygen atoms in total. The summed E-state index contributed by atoms with van der Waals surface area (Å²) in [5.41, 5.74) is 8.31. The van der Waals surface area contributed by atoms with Crippen molar-refractivity contribution in [3.05, 3.63) is 156 Å². The van der Waals surface area contributed by atoms with Gasteiger partial charge >= 0.3 is 0 Å². The van der Waals surface area contributed by atoms with E-state index in [9.17, 15) is 0 Å². The van der Waals surface area contributed by atoms with Gasteiger partial charge in [0.05, 0.1) is 0 Å². The van der Waals surface area contributed by atoms with E-state index in [0.717, 1.165) is 12.8 Å². The first-order valence-corrected chi connectivity index (χ1v) is 12.4. The summed E-state index contributed by atoms with van der Waals surface area (Å²) >= 11 is 0. The van der Waals surface area contributed by atoms with Crippen LogP contribution in [0, 0.1) is 0 Å². The van der Waals surface area contributed by atoms with Gasteiger partial charge in [-0.3, -0.25) is 0 Å². The van der Waals surface area contributed by atoms with Crippen LogP contribution in [0.25, 0.3) is 32.7 Å². The third-order valence-corrected chi connectivity index (χ3v) is 7.81. The molecule has 0 N–H and O–H groups in total. The molecule has 6 aromatic carbocycles. The molecule has 0 fully saturated rings. The summed E-state index contributed by atoms with van der Waals surface area (Å²) in [4.78, 5) is 0. The summed E-state index contributed by atoms with van der Waals surface area (Å²) in [6.07, 6.45) is 1.94. The van der Waals surface area contributed by atoms with E-state index in [-0.39, 0.29) is 5.41 Å². The van der Waals surface area contributed by atoms with Gasteiger partial charge in [0.15, 0.2) is 0 Å². The fourth-order valence-electron chi connectivity index (χ4n) is 6.25. The molecule has 6 aromatic rings. The lowest BCUT2D eigenvalue weighted by Gasteiger charge is -2.33. The molecule has 0 heterocycles. The van der Waals surface area contributed by atoms with Gasteiger partial charge < -0.3 is 0 Å². The van der Waals surface area contributed by atoms with Crippen molar-refractivity contribution in [3.63, 3.8) is 0 Å². The zero-order valence-corrected chi connectivity index (χ0v) is 19.6. The van der Waals surface area contributed by atoms with Crippen molar-refractivity contribution in [3.8, 4) is 11.1 Å². The van der Waals surface area contributed by atoms with Crippen LogP contribution in [0.3, 0.4) is 0 Å². The molecule has 0 aromatic heterocycles. The molecule has 1 aliphatic carbocycles. The Morgan fingerprint density at radius 1 is 0.371 bits per heavy atom. The van der Waals surface area contributed by atoms with Crippen LogP contribution in [0.15, 0.2) is 133 Å². The molecule has 0 aliphatic heterocycles. The highest BCUT2D eigenvalue weighted by Gasteiger charge is 2.43. The predicted molar refractivity (Wildman–Crippen MR) is 148 cm³/mol. The van der Waals surface area contributed by atoms with Crippen molar-refractivity contribution in [1.29, 1.82) is 0 Å². The molecule has 0 saturated carbocycles. The molecule has 1 aliphatic rings. The third-order valence-electron chi connectivity index (χ3n) is 7.81.